The fourth-order valence-electron chi connectivity index (χ4n) is 3.53. The van der Waals surface area contributed by atoms with Gasteiger partial charge in [-0.3, -0.25) is 4.57 Å². The Kier molecular flexibility index (Phi) is 6.70. The minimum Gasteiger partial charge on any atom is -0.288 e. The smallest absolute Gasteiger partial charge is 0.210 e. The number of rotatable bonds is 5. The monoisotopic (exact) mass is 478 g/mol. The van der Waals surface area contributed by atoms with Crippen LogP contribution in [0.5, 0.6) is 0 Å². The van der Waals surface area contributed by atoms with Crippen LogP contribution in [-0.4, -0.2) is 14.4 Å². The van der Waals surface area contributed by atoms with E-state index in [1.165, 1.54) is 11.5 Å². The maximum Gasteiger partial charge on any atom is 0.210 e. The quantitative estimate of drug-likeness (QED) is 0.155. The summed E-state index contributed by atoms with van der Waals surface area (Å²) in [6, 6.07) is 40.4. The molecule has 0 fully saturated rings. The highest BCUT2D eigenvalue weighted by Gasteiger charge is 2.11. The minimum atomic E-state index is 0.627. The molecule has 0 N–H and O–H groups in total. The lowest BCUT2D eigenvalue weighted by Crippen LogP contribution is -2.18. The molecule has 0 aliphatic carbocycles. The van der Waals surface area contributed by atoms with Crippen LogP contribution in [0.4, 0.5) is 5.69 Å². The van der Waals surface area contributed by atoms with Crippen LogP contribution in [0.15, 0.2) is 131 Å². The Morgan fingerprint density at radius 3 is 1.91 bits per heavy atom. The van der Waals surface area contributed by atoms with E-state index in [-0.39, 0.29) is 0 Å². The number of benzene rings is 4. The third kappa shape index (κ3) is 5.03. The predicted molar refractivity (Wildman–Crippen MR) is 143 cm³/mol. The van der Waals surface area contributed by atoms with Crippen molar-refractivity contribution in [3.05, 3.63) is 142 Å². The van der Waals surface area contributed by atoms with Crippen molar-refractivity contribution in [3.63, 3.8) is 0 Å². The standard InChI is InChI=1S/C28H22N4S2/c33-28-31(21-22-13-5-1-6-14-22)27(34-32(28)25-19-11-4-12-20-25)30-26(23-15-7-2-8-16-23)29-24-17-9-3-10-18-24/h1-20H,21H2. The molecule has 0 aliphatic heterocycles. The molecule has 4 aromatic carbocycles. The summed E-state index contributed by atoms with van der Waals surface area (Å²) >= 11 is 7.45. The molecular formula is C28H22N4S2. The van der Waals surface area contributed by atoms with E-state index in [2.05, 4.69) is 28.8 Å². The topological polar surface area (TPSA) is 34.6 Å². The molecule has 0 saturated heterocycles. The summed E-state index contributed by atoms with van der Waals surface area (Å²) in [5.41, 5.74) is 3.98. The van der Waals surface area contributed by atoms with Crippen molar-refractivity contribution in [1.29, 1.82) is 0 Å². The Morgan fingerprint density at radius 2 is 1.26 bits per heavy atom. The molecule has 34 heavy (non-hydrogen) atoms. The second-order valence-electron chi connectivity index (χ2n) is 7.61. The Labute approximate surface area is 207 Å². The zero-order valence-electron chi connectivity index (χ0n) is 18.4. The molecule has 0 aliphatic rings. The SMILES string of the molecule is S=c1n(-c2ccccc2)sc(=NC(=Nc2ccccc2)c2ccccc2)n1Cc1ccccc1. The molecule has 1 aromatic heterocycles. The third-order valence-electron chi connectivity index (χ3n) is 5.21. The molecule has 0 radical (unpaired) electrons. The van der Waals surface area contributed by atoms with Gasteiger partial charge in [-0.15, -0.1) is 0 Å². The lowest BCUT2D eigenvalue weighted by atomic mass is 10.2. The molecule has 0 amide bonds. The maximum atomic E-state index is 5.93. The highest BCUT2D eigenvalue weighted by molar-refractivity contribution is 7.71. The van der Waals surface area contributed by atoms with Crippen LogP contribution < -0.4 is 4.80 Å². The summed E-state index contributed by atoms with van der Waals surface area (Å²) in [6.45, 7) is 0.627. The molecule has 0 saturated carbocycles. The van der Waals surface area contributed by atoms with Crippen LogP contribution in [0.3, 0.4) is 0 Å². The number of hydrogen-bond acceptors (Lipinski definition) is 3. The molecule has 0 atom stereocenters. The van der Waals surface area contributed by atoms with Gasteiger partial charge in [-0.1, -0.05) is 97.1 Å². The van der Waals surface area contributed by atoms with Crippen LogP contribution in [0.2, 0.25) is 0 Å². The number of aliphatic imine (C=N–C) groups is 1. The normalized spacial score (nSPS) is 12.1. The summed E-state index contributed by atoms with van der Waals surface area (Å²) in [5, 5.41) is 0. The Bertz CT molecular complexity index is 1520. The highest BCUT2D eigenvalue weighted by atomic mass is 32.1. The zero-order chi connectivity index (χ0) is 23.2. The molecule has 166 valence electrons. The van der Waals surface area contributed by atoms with Crippen LogP contribution in [0.25, 0.3) is 5.69 Å². The Morgan fingerprint density at radius 1 is 0.706 bits per heavy atom. The summed E-state index contributed by atoms with van der Waals surface area (Å²) < 4.78 is 4.82. The van der Waals surface area contributed by atoms with Gasteiger partial charge >= 0.3 is 0 Å². The second-order valence-corrected chi connectivity index (χ2v) is 8.88. The zero-order valence-corrected chi connectivity index (χ0v) is 20.0. The van der Waals surface area contributed by atoms with Gasteiger partial charge in [-0.2, -0.15) is 4.99 Å². The van der Waals surface area contributed by atoms with Gasteiger partial charge in [0.2, 0.25) is 4.80 Å². The first kappa shape index (κ1) is 21.9. The van der Waals surface area contributed by atoms with E-state index < -0.39 is 0 Å². The van der Waals surface area contributed by atoms with Gasteiger partial charge in [0.1, 0.15) is 0 Å². The Hall–Kier alpha value is -3.87. The summed E-state index contributed by atoms with van der Waals surface area (Å²) in [7, 11) is 0. The lowest BCUT2D eigenvalue weighted by molar-refractivity contribution is 0.737. The van der Waals surface area contributed by atoms with Gasteiger partial charge in [0, 0.05) is 5.56 Å². The van der Waals surface area contributed by atoms with Crippen LogP contribution in [-0.2, 0) is 6.54 Å². The third-order valence-corrected chi connectivity index (χ3v) is 6.77. The molecule has 1 heterocycles. The minimum absolute atomic E-state index is 0.627. The van der Waals surface area contributed by atoms with Crippen molar-refractivity contribution in [3.8, 4) is 5.69 Å². The van der Waals surface area contributed by atoms with Crippen molar-refractivity contribution in [1.82, 2.24) is 8.52 Å². The number of hydrogen-bond donors (Lipinski definition) is 0. The number of aromatic nitrogens is 2. The summed E-state index contributed by atoms with van der Waals surface area (Å²) in [6.07, 6.45) is 0. The van der Waals surface area contributed by atoms with Crippen molar-refractivity contribution in [2.75, 3.05) is 0 Å². The van der Waals surface area contributed by atoms with Crippen molar-refractivity contribution in [2.24, 2.45) is 9.98 Å². The molecule has 0 spiro atoms. The average Bonchev–Trinajstić information content (AvgIpc) is 3.20. The van der Waals surface area contributed by atoms with Gasteiger partial charge in [0.15, 0.2) is 10.6 Å². The van der Waals surface area contributed by atoms with E-state index in [4.69, 9.17) is 22.2 Å². The van der Waals surface area contributed by atoms with Gasteiger partial charge in [-0.05, 0) is 53.6 Å². The van der Waals surface area contributed by atoms with E-state index >= 15 is 0 Å². The maximum absolute atomic E-state index is 5.93. The number of amidine groups is 1. The fourth-order valence-corrected chi connectivity index (χ4v) is 4.90. The summed E-state index contributed by atoms with van der Waals surface area (Å²) in [4.78, 5) is 10.7. The van der Waals surface area contributed by atoms with E-state index in [0.29, 0.717) is 17.2 Å². The van der Waals surface area contributed by atoms with Crippen LogP contribution >= 0.6 is 23.8 Å². The second kappa shape index (κ2) is 10.4. The van der Waals surface area contributed by atoms with Crippen molar-refractivity contribution in [2.45, 2.75) is 6.54 Å². The van der Waals surface area contributed by atoms with Gasteiger partial charge in [-0.25, -0.2) is 8.95 Å². The molecule has 0 bridgehead atoms. The van der Waals surface area contributed by atoms with E-state index in [1.807, 2.05) is 101 Å². The van der Waals surface area contributed by atoms with Gasteiger partial charge in [0.05, 0.1) is 17.9 Å². The summed E-state index contributed by atoms with van der Waals surface area (Å²) in [5.74, 6) is 0.644. The van der Waals surface area contributed by atoms with Gasteiger partial charge < -0.3 is 0 Å². The predicted octanol–water partition coefficient (Wildman–Crippen LogP) is 6.80. The van der Waals surface area contributed by atoms with Gasteiger partial charge in [0.25, 0.3) is 0 Å². The largest absolute Gasteiger partial charge is 0.288 e. The number of nitrogens with zero attached hydrogens (tertiary/aromatic N) is 4. The first-order valence-corrected chi connectivity index (χ1v) is 12.1. The van der Waals surface area contributed by atoms with E-state index in [9.17, 15) is 0 Å². The van der Waals surface area contributed by atoms with Crippen molar-refractivity contribution < 1.29 is 0 Å². The van der Waals surface area contributed by atoms with Crippen LogP contribution in [0.1, 0.15) is 11.1 Å². The molecular weight excluding hydrogens is 456 g/mol. The first-order chi connectivity index (χ1) is 16.8. The number of para-hydroxylation sites is 2. The van der Waals surface area contributed by atoms with E-state index in [1.54, 1.807) is 0 Å². The molecule has 5 rings (SSSR count). The lowest BCUT2D eigenvalue weighted by Gasteiger charge is -2.05. The van der Waals surface area contributed by atoms with E-state index in [0.717, 1.165) is 27.3 Å². The van der Waals surface area contributed by atoms with Crippen LogP contribution in [0, 0.1) is 4.77 Å². The molecule has 4 nitrogen and oxygen atoms in total. The highest BCUT2D eigenvalue weighted by Crippen LogP contribution is 2.16. The molecule has 5 aromatic rings. The molecule has 6 heteroatoms. The average molecular weight is 479 g/mol. The molecule has 0 unspecified atom stereocenters. The Balaban J connectivity index is 1.72. The van der Waals surface area contributed by atoms with Crippen molar-refractivity contribution >= 4 is 35.3 Å². The fraction of sp³-hybridized carbons (Fsp3) is 0.0357. The first-order valence-electron chi connectivity index (χ1n) is 10.9.